The fourth-order valence-electron chi connectivity index (χ4n) is 1.39. The zero-order valence-corrected chi connectivity index (χ0v) is 8.57. The number of halogens is 2. The van der Waals surface area contributed by atoms with Crippen LogP contribution in [-0.4, -0.2) is 6.61 Å². The average Bonchev–Trinajstić information content (AvgIpc) is 2.04. The number of hydrogen-bond donors (Lipinski definition) is 1. The van der Waals surface area contributed by atoms with Crippen molar-refractivity contribution in [1.82, 2.24) is 0 Å². The summed E-state index contributed by atoms with van der Waals surface area (Å²) in [6.45, 7) is 0.689. The number of ether oxygens (including phenoxy) is 1. The lowest BCUT2D eigenvalue weighted by atomic mass is 10.0. The Labute approximate surface area is 88.4 Å². The lowest BCUT2D eigenvalue weighted by Gasteiger charge is -2.22. The summed E-state index contributed by atoms with van der Waals surface area (Å²) < 4.78 is 5.41. The Hall–Kier alpha value is -0.440. The van der Waals surface area contributed by atoms with Gasteiger partial charge in [-0.15, -0.1) is 12.4 Å². The Morgan fingerprint density at radius 3 is 3.00 bits per heavy atom. The van der Waals surface area contributed by atoms with Gasteiger partial charge in [0.1, 0.15) is 5.75 Å². The van der Waals surface area contributed by atoms with Gasteiger partial charge in [-0.3, -0.25) is 0 Å². The molecule has 0 aromatic heterocycles. The minimum Gasteiger partial charge on any atom is -0.493 e. The van der Waals surface area contributed by atoms with Crippen molar-refractivity contribution in [3.05, 3.63) is 28.8 Å². The van der Waals surface area contributed by atoms with Gasteiger partial charge in [0.25, 0.3) is 0 Å². The second-order valence-electron chi connectivity index (χ2n) is 2.93. The standard InChI is InChI=1S/C9H10ClNO.ClH/c10-6-1-2-7-8(11)3-4-12-9(7)5-6;/h1-2,5,8H,3-4,11H2;1H. The van der Waals surface area contributed by atoms with Crippen LogP contribution in [0.25, 0.3) is 0 Å². The van der Waals surface area contributed by atoms with E-state index in [2.05, 4.69) is 0 Å². The molecule has 0 saturated heterocycles. The van der Waals surface area contributed by atoms with E-state index in [0.717, 1.165) is 17.7 Å². The highest BCUT2D eigenvalue weighted by Gasteiger charge is 2.17. The van der Waals surface area contributed by atoms with Gasteiger partial charge in [-0.05, 0) is 12.1 Å². The van der Waals surface area contributed by atoms with Crippen molar-refractivity contribution in [3.63, 3.8) is 0 Å². The molecule has 2 rings (SSSR count). The molecule has 1 aromatic rings. The fraction of sp³-hybridized carbons (Fsp3) is 0.333. The largest absolute Gasteiger partial charge is 0.493 e. The highest BCUT2D eigenvalue weighted by atomic mass is 35.5. The molecule has 4 heteroatoms. The minimum atomic E-state index is 0. The quantitative estimate of drug-likeness (QED) is 0.729. The van der Waals surface area contributed by atoms with Gasteiger partial charge in [-0.2, -0.15) is 0 Å². The van der Waals surface area contributed by atoms with Gasteiger partial charge >= 0.3 is 0 Å². The Balaban J connectivity index is 0.000000845. The number of rotatable bonds is 0. The predicted molar refractivity (Wildman–Crippen MR) is 55.7 cm³/mol. The van der Waals surface area contributed by atoms with Crippen LogP contribution in [-0.2, 0) is 0 Å². The Morgan fingerprint density at radius 2 is 2.23 bits per heavy atom. The third kappa shape index (κ3) is 2.08. The minimum absolute atomic E-state index is 0. The molecule has 2 nitrogen and oxygen atoms in total. The first-order chi connectivity index (χ1) is 5.77. The van der Waals surface area contributed by atoms with E-state index >= 15 is 0 Å². The molecule has 1 atom stereocenters. The van der Waals surface area contributed by atoms with Crippen molar-refractivity contribution in [2.24, 2.45) is 5.73 Å². The van der Waals surface area contributed by atoms with Crippen molar-refractivity contribution in [2.75, 3.05) is 6.61 Å². The van der Waals surface area contributed by atoms with Crippen LogP contribution in [0.5, 0.6) is 5.75 Å². The van der Waals surface area contributed by atoms with E-state index in [9.17, 15) is 0 Å². The van der Waals surface area contributed by atoms with Gasteiger partial charge in [-0.25, -0.2) is 0 Å². The second-order valence-corrected chi connectivity index (χ2v) is 3.36. The highest BCUT2D eigenvalue weighted by molar-refractivity contribution is 6.30. The molecular weight excluding hydrogens is 209 g/mol. The van der Waals surface area contributed by atoms with Crippen LogP contribution >= 0.6 is 24.0 Å². The summed E-state index contributed by atoms with van der Waals surface area (Å²) in [6, 6.07) is 5.69. The van der Waals surface area contributed by atoms with E-state index < -0.39 is 0 Å². The summed E-state index contributed by atoms with van der Waals surface area (Å²) in [5.41, 5.74) is 6.93. The Bertz CT molecular complexity index is 304. The molecule has 1 unspecified atom stereocenters. The third-order valence-corrected chi connectivity index (χ3v) is 2.30. The number of benzene rings is 1. The molecule has 0 spiro atoms. The fourth-order valence-corrected chi connectivity index (χ4v) is 1.55. The molecule has 0 bridgehead atoms. The summed E-state index contributed by atoms with van der Waals surface area (Å²) in [4.78, 5) is 0. The topological polar surface area (TPSA) is 35.2 Å². The number of fused-ring (bicyclic) bond motifs is 1. The average molecular weight is 220 g/mol. The van der Waals surface area contributed by atoms with Gasteiger partial charge in [0.2, 0.25) is 0 Å². The molecule has 0 aliphatic carbocycles. The molecule has 72 valence electrons. The Kier molecular flexibility index (Phi) is 3.42. The number of nitrogens with two attached hydrogens (primary N) is 1. The van der Waals surface area contributed by atoms with Gasteiger partial charge < -0.3 is 10.5 Å². The first-order valence-corrected chi connectivity index (χ1v) is 4.33. The summed E-state index contributed by atoms with van der Waals surface area (Å²) in [5.74, 6) is 0.834. The Morgan fingerprint density at radius 1 is 1.46 bits per heavy atom. The molecule has 1 aliphatic rings. The molecule has 1 heterocycles. The van der Waals surface area contributed by atoms with Crippen molar-refractivity contribution in [1.29, 1.82) is 0 Å². The van der Waals surface area contributed by atoms with Crippen LogP contribution in [0.1, 0.15) is 18.0 Å². The van der Waals surface area contributed by atoms with Crippen LogP contribution in [0.15, 0.2) is 18.2 Å². The first-order valence-electron chi connectivity index (χ1n) is 3.95. The summed E-state index contributed by atoms with van der Waals surface area (Å²) in [6.07, 6.45) is 0.884. The maximum absolute atomic E-state index is 5.87. The third-order valence-electron chi connectivity index (χ3n) is 2.06. The lowest BCUT2D eigenvalue weighted by Crippen LogP contribution is -2.20. The highest BCUT2D eigenvalue weighted by Crippen LogP contribution is 2.32. The predicted octanol–water partition coefficient (Wildman–Crippen LogP) is 2.54. The smallest absolute Gasteiger partial charge is 0.125 e. The van der Waals surface area contributed by atoms with Crippen molar-refractivity contribution in [2.45, 2.75) is 12.5 Å². The maximum Gasteiger partial charge on any atom is 0.125 e. The molecule has 13 heavy (non-hydrogen) atoms. The first kappa shape index (κ1) is 10.6. The summed E-state index contributed by atoms with van der Waals surface area (Å²) >= 11 is 5.80. The van der Waals surface area contributed by atoms with E-state index in [1.807, 2.05) is 18.2 Å². The van der Waals surface area contributed by atoms with Gasteiger partial charge in [0.05, 0.1) is 6.61 Å². The van der Waals surface area contributed by atoms with E-state index in [-0.39, 0.29) is 18.4 Å². The molecule has 1 aromatic carbocycles. The molecular formula is C9H11Cl2NO. The van der Waals surface area contributed by atoms with E-state index in [1.165, 1.54) is 0 Å². The number of hydrogen-bond acceptors (Lipinski definition) is 2. The van der Waals surface area contributed by atoms with Gasteiger partial charge in [0.15, 0.2) is 0 Å². The molecule has 0 amide bonds. The van der Waals surface area contributed by atoms with Crippen molar-refractivity contribution >= 4 is 24.0 Å². The van der Waals surface area contributed by atoms with Gasteiger partial charge in [0, 0.05) is 23.0 Å². The van der Waals surface area contributed by atoms with Crippen LogP contribution in [0, 0.1) is 0 Å². The van der Waals surface area contributed by atoms with Crippen molar-refractivity contribution < 1.29 is 4.74 Å². The normalized spacial score (nSPS) is 19.7. The van der Waals surface area contributed by atoms with Crippen molar-refractivity contribution in [3.8, 4) is 5.75 Å². The zero-order chi connectivity index (χ0) is 8.55. The van der Waals surface area contributed by atoms with Crippen LogP contribution < -0.4 is 10.5 Å². The summed E-state index contributed by atoms with van der Waals surface area (Å²) in [5, 5.41) is 0.697. The van der Waals surface area contributed by atoms with E-state index in [0.29, 0.717) is 11.6 Å². The SMILES string of the molecule is Cl.NC1CCOc2cc(Cl)ccc21. The maximum atomic E-state index is 5.87. The molecule has 0 saturated carbocycles. The van der Waals surface area contributed by atoms with E-state index in [1.54, 1.807) is 0 Å². The van der Waals surface area contributed by atoms with Crippen LogP contribution in [0.4, 0.5) is 0 Å². The van der Waals surface area contributed by atoms with Crippen LogP contribution in [0.3, 0.4) is 0 Å². The molecule has 0 radical (unpaired) electrons. The lowest BCUT2D eigenvalue weighted by molar-refractivity contribution is 0.269. The van der Waals surface area contributed by atoms with Crippen LogP contribution in [0.2, 0.25) is 5.02 Å². The van der Waals surface area contributed by atoms with Gasteiger partial charge in [-0.1, -0.05) is 17.7 Å². The summed E-state index contributed by atoms with van der Waals surface area (Å²) in [7, 11) is 0. The monoisotopic (exact) mass is 219 g/mol. The molecule has 2 N–H and O–H groups in total. The second kappa shape index (κ2) is 4.18. The zero-order valence-electron chi connectivity index (χ0n) is 7.00. The molecule has 1 aliphatic heterocycles. The van der Waals surface area contributed by atoms with E-state index in [4.69, 9.17) is 22.1 Å². The molecule has 0 fully saturated rings.